The number of nitrogens with zero attached hydrogens (tertiary/aromatic N) is 1. The Balaban J connectivity index is 1.29. The number of hydrogen-bond acceptors (Lipinski definition) is 3. The molecule has 2 bridgehead atoms. The Kier molecular flexibility index (Phi) is 3.21. The third kappa shape index (κ3) is 2.29. The minimum Gasteiger partial charge on any atom is -0.369 e. The van der Waals surface area contributed by atoms with Gasteiger partial charge in [0, 0.05) is 19.0 Å². The summed E-state index contributed by atoms with van der Waals surface area (Å²) in [5.41, 5.74) is 1.23. The molecule has 5 heteroatoms. The van der Waals surface area contributed by atoms with Crippen molar-refractivity contribution in [1.29, 1.82) is 0 Å². The summed E-state index contributed by atoms with van der Waals surface area (Å²) in [6, 6.07) is 7.80. The van der Waals surface area contributed by atoms with Crippen molar-refractivity contribution >= 4 is 23.2 Å². The van der Waals surface area contributed by atoms with Crippen LogP contribution >= 0.6 is 0 Å². The first-order chi connectivity index (χ1) is 12.1. The summed E-state index contributed by atoms with van der Waals surface area (Å²) in [6.07, 6.45) is 7.98. The van der Waals surface area contributed by atoms with Gasteiger partial charge < -0.3 is 15.5 Å². The number of amides is 2. The Morgan fingerprint density at radius 2 is 1.84 bits per heavy atom. The zero-order valence-electron chi connectivity index (χ0n) is 14.2. The molecule has 3 atom stereocenters. The molecular weight excluding hydrogens is 314 g/mol. The maximum atomic E-state index is 12.9. The number of allylic oxidation sites excluding steroid dienone is 2. The highest BCUT2D eigenvalue weighted by molar-refractivity contribution is 6.06. The van der Waals surface area contributed by atoms with Gasteiger partial charge in [-0.1, -0.05) is 24.3 Å². The van der Waals surface area contributed by atoms with Crippen LogP contribution in [-0.2, 0) is 9.59 Å². The summed E-state index contributed by atoms with van der Waals surface area (Å²) in [4.78, 5) is 27.6. The fourth-order valence-electron chi connectivity index (χ4n) is 5.02. The van der Waals surface area contributed by atoms with Gasteiger partial charge in [-0.05, 0) is 49.7 Å². The van der Waals surface area contributed by atoms with E-state index in [4.69, 9.17) is 0 Å². The number of fused-ring (bicyclic) bond motifs is 3. The van der Waals surface area contributed by atoms with Crippen molar-refractivity contribution in [3.63, 3.8) is 0 Å². The number of carbonyl (C=O) groups is 2. The Hall–Kier alpha value is -2.30. The van der Waals surface area contributed by atoms with Crippen LogP contribution in [0.3, 0.4) is 0 Å². The predicted molar refractivity (Wildman–Crippen MR) is 96.1 cm³/mol. The largest absolute Gasteiger partial charge is 0.369 e. The molecular formula is C20H23N3O2. The third-order valence-corrected chi connectivity index (χ3v) is 6.51. The van der Waals surface area contributed by atoms with Gasteiger partial charge in [0.1, 0.15) is 5.54 Å². The van der Waals surface area contributed by atoms with E-state index < -0.39 is 5.54 Å². The molecule has 4 aliphatic rings. The zero-order chi connectivity index (χ0) is 17.0. The summed E-state index contributed by atoms with van der Waals surface area (Å²) in [5.74, 6) is 1.54. The Morgan fingerprint density at radius 3 is 2.52 bits per heavy atom. The molecule has 5 nitrogen and oxygen atoms in total. The molecule has 2 heterocycles. The third-order valence-electron chi connectivity index (χ3n) is 6.51. The normalized spacial score (nSPS) is 31.6. The van der Waals surface area contributed by atoms with Crippen LogP contribution < -0.4 is 10.6 Å². The highest BCUT2D eigenvalue weighted by atomic mass is 16.2. The second-order valence-corrected chi connectivity index (χ2v) is 7.92. The molecule has 1 spiro atoms. The van der Waals surface area contributed by atoms with Crippen LogP contribution in [0.4, 0.5) is 11.4 Å². The highest BCUT2D eigenvalue weighted by Gasteiger charge is 2.47. The first-order valence-electron chi connectivity index (χ1n) is 9.30. The average Bonchev–Trinajstić information content (AvgIpc) is 3.26. The van der Waals surface area contributed by atoms with Gasteiger partial charge in [-0.3, -0.25) is 9.59 Å². The first-order valence-corrected chi connectivity index (χ1v) is 9.30. The molecule has 1 aromatic carbocycles. The van der Waals surface area contributed by atoms with E-state index in [0.29, 0.717) is 43.7 Å². The molecule has 0 aromatic heterocycles. The SMILES string of the molecule is O=C([C@@H]1C[C@@H]2C=C[C@H]1C2)N1CCC2(CC1)Nc1ccccc1NC2=O. The van der Waals surface area contributed by atoms with Gasteiger partial charge in [0.15, 0.2) is 0 Å². The lowest BCUT2D eigenvalue weighted by Gasteiger charge is -2.45. The van der Waals surface area contributed by atoms with E-state index in [0.717, 1.165) is 24.2 Å². The summed E-state index contributed by atoms with van der Waals surface area (Å²) in [6.45, 7) is 1.30. The molecule has 0 radical (unpaired) electrons. The van der Waals surface area contributed by atoms with Gasteiger partial charge in [-0.25, -0.2) is 0 Å². The van der Waals surface area contributed by atoms with Crippen molar-refractivity contribution in [3.8, 4) is 0 Å². The number of piperidine rings is 1. The molecule has 2 N–H and O–H groups in total. The lowest BCUT2D eigenvalue weighted by atomic mass is 9.83. The van der Waals surface area contributed by atoms with E-state index in [1.165, 1.54) is 0 Å². The number of likely N-dealkylation sites (tertiary alicyclic amines) is 1. The standard InChI is InChI=1S/C20H23N3O2/c24-18(15-12-13-5-6-14(15)11-13)23-9-7-20(8-10-23)19(25)21-16-3-1-2-4-17(16)22-20/h1-6,13-15,22H,7-12H2,(H,21,25)/t13-,14+,15-/m1/s1. The Labute approximate surface area is 147 Å². The fourth-order valence-corrected chi connectivity index (χ4v) is 5.02. The molecule has 130 valence electrons. The zero-order valence-corrected chi connectivity index (χ0v) is 14.2. The molecule has 1 saturated carbocycles. The molecule has 2 amide bonds. The van der Waals surface area contributed by atoms with E-state index in [-0.39, 0.29) is 11.8 Å². The monoisotopic (exact) mass is 337 g/mol. The van der Waals surface area contributed by atoms with Crippen LogP contribution in [-0.4, -0.2) is 35.3 Å². The van der Waals surface area contributed by atoms with Gasteiger partial charge in [0.05, 0.1) is 11.4 Å². The van der Waals surface area contributed by atoms with Gasteiger partial charge in [0.2, 0.25) is 11.8 Å². The summed E-state index contributed by atoms with van der Waals surface area (Å²) < 4.78 is 0. The molecule has 2 aliphatic carbocycles. The van der Waals surface area contributed by atoms with Gasteiger partial charge in [0.25, 0.3) is 0 Å². The van der Waals surface area contributed by atoms with Crippen LogP contribution in [0.15, 0.2) is 36.4 Å². The number of carbonyl (C=O) groups excluding carboxylic acids is 2. The average molecular weight is 337 g/mol. The number of anilines is 2. The van der Waals surface area contributed by atoms with Crippen LogP contribution in [0.2, 0.25) is 0 Å². The number of nitrogens with one attached hydrogen (secondary N) is 2. The van der Waals surface area contributed by atoms with E-state index in [1.54, 1.807) is 0 Å². The molecule has 25 heavy (non-hydrogen) atoms. The van der Waals surface area contributed by atoms with Crippen molar-refractivity contribution < 1.29 is 9.59 Å². The van der Waals surface area contributed by atoms with Crippen molar-refractivity contribution in [2.24, 2.45) is 17.8 Å². The number of para-hydroxylation sites is 2. The summed E-state index contributed by atoms with van der Waals surface area (Å²) >= 11 is 0. The van der Waals surface area contributed by atoms with Crippen molar-refractivity contribution in [2.45, 2.75) is 31.2 Å². The van der Waals surface area contributed by atoms with Crippen LogP contribution in [0, 0.1) is 17.8 Å². The predicted octanol–water partition coefficient (Wildman–Crippen LogP) is 2.62. The number of hydrogen-bond donors (Lipinski definition) is 2. The van der Waals surface area contributed by atoms with Crippen molar-refractivity contribution in [3.05, 3.63) is 36.4 Å². The highest BCUT2D eigenvalue weighted by Crippen LogP contribution is 2.45. The van der Waals surface area contributed by atoms with E-state index in [2.05, 4.69) is 22.8 Å². The Bertz CT molecular complexity index is 764. The maximum Gasteiger partial charge on any atom is 0.250 e. The van der Waals surface area contributed by atoms with Gasteiger partial charge in [-0.2, -0.15) is 0 Å². The lowest BCUT2D eigenvalue weighted by molar-refractivity contribution is -0.139. The molecule has 1 aromatic rings. The number of benzene rings is 1. The maximum absolute atomic E-state index is 12.9. The minimum absolute atomic E-state index is 0.0288. The first kappa shape index (κ1) is 15.0. The lowest BCUT2D eigenvalue weighted by Crippen LogP contribution is -2.59. The smallest absolute Gasteiger partial charge is 0.250 e. The van der Waals surface area contributed by atoms with Crippen LogP contribution in [0.5, 0.6) is 0 Å². The quantitative estimate of drug-likeness (QED) is 0.775. The minimum atomic E-state index is -0.584. The topological polar surface area (TPSA) is 61.4 Å². The molecule has 2 fully saturated rings. The summed E-state index contributed by atoms with van der Waals surface area (Å²) in [7, 11) is 0. The van der Waals surface area contributed by atoms with Crippen LogP contribution in [0.1, 0.15) is 25.7 Å². The van der Waals surface area contributed by atoms with E-state index >= 15 is 0 Å². The molecule has 0 unspecified atom stereocenters. The van der Waals surface area contributed by atoms with E-state index in [1.807, 2.05) is 29.2 Å². The second-order valence-electron chi connectivity index (χ2n) is 7.92. The van der Waals surface area contributed by atoms with Crippen molar-refractivity contribution in [1.82, 2.24) is 4.90 Å². The summed E-state index contributed by atoms with van der Waals surface area (Å²) in [5, 5.41) is 6.48. The number of rotatable bonds is 1. The van der Waals surface area contributed by atoms with Crippen LogP contribution in [0.25, 0.3) is 0 Å². The molecule has 2 aliphatic heterocycles. The Morgan fingerprint density at radius 1 is 1.08 bits per heavy atom. The second kappa shape index (κ2) is 5.35. The van der Waals surface area contributed by atoms with Gasteiger partial charge in [-0.15, -0.1) is 0 Å². The van der Waals surface area contributed by atoms with Crippen molar-refractivity contribution in [2.75, 3.05) is 23.7 Å². The fraction of sp³-hybridized carbons (Fsp3) is 0.500. The van der Waals surface area contributed by atoms with Gasteiger partial charge >= 0.3 is 0 Å². The molecule has 5 rings (SSSR count). The van der Waals surface area contributed by atoms with E-state index in [9.17, 15) is 9.59 Å². The molecule has 1 saturated heterocycles.